The van der Waals surface area contributed by atoms with Crippen LogP contribution in [0.1, 0.15) is 72.3 Å². The molecule has 3 atom stereocenters. The van der Waals surface area contributed by atoms with E-state index < -0.39 is 0 Å². The summed E-state index contributed by atoms with van der Waals surface area (Å²) in [5.74, 6) is 4.92. The molecule has 6 bridgehead atoms. The highest BCUT2D eigenvalue weighted by molar-refractivity contribution is 6.06. The van der Waals surface area contributed by atoms with Crippen LogP contribution >= 0.6 is 0 Å². The number of amides is 2. The maximum Gasteiger partial charge on any atom is 0.253 e. The zero-order valence-corrected chi connectivity index (χ0v) is 30.9. The number of rotatable bonds is 12. The molecule has 274 valence electrons. The van der Waals surface area contributed by atoms with Crippen molar-refractivity contribution in [2.45, 2.75) is 66.0 Å². The average molecular weight is 705 g/mol. The molecule has 0 radical (unpaired) electrons. The summed E-state index contributed by atoms with van der Waals surface area (Å²) in [6, 6.07) is 9.80. The Bertz CT molecular complexity index is 1930. The largest absolute Gasteiger partial charge is 0.382 e. The van der Waals surface area contributed by atoms with E-state index in [0.717, 1.165) is 104 Å². The monoisotopic (exact) mass is 704 g/mol. The molecule has 8 rings (SSSR count). The van der Waals surface area contributed by atoms with Gasteiger partial charge in [-0.15, -0.1) is 0 Å². The number of aromatic nitrogens is 2. The topological polar surface area (TPSA) is 146 Å². The smallest absolute Gasteiger partial charge is 0.253 e. The number of piperazine rings is 1. The Morgan fingerprint density at radius 3 is 2.38 bits per heavy atom. The maximum absolute atomic E-state index is 13.6. The van der Waals surface area contributed by atoms with Crippen molar-refractivity contribution in [2.24, 2.45) is 35.0 Å². The van der Waals surface area contributed by atoms with E-state index in [2.05, 4.69) is 30.7 Å². The summed E-state index contributed by atoms with van der Waals surface area (Å²) in [7, 11) is 0. The molecule has 5 fully saturated rings. The van der Waals surface area contributed by atoms with Crippen molar-refractivity contribution in [1.29, 1.82) is 5.41 Å². The zero-order chi connectivity index (χ0) is 36.3. The molecule has 11 nitrogen and oxygen atoms in total. The molecular formula is C41H52N8O3. The van der Waals surface area contributed by atoms with Gasteiger partial charge in [-0.2, -0.15) is 0 Å². The molecule has 1 aromatic carbocycles. The number of carbonyl (C=O) groups excluding carboxylic acids is 2. The first-order valence-corrected chi connectivity index (χ1v) is 19.2. The van der Waals surface area contributed by atoms with Gasteiger partial charge in [-0.25, -0.2) is 4.98 Å². The van der Waals surface area contributed by atoms with Gasteiger partial charge < -0.3 is 31.2 Å². The van der Waals surface area contributed by atoms with Crippen LogP contribution in [0.5, 0.6) is 0 Å². The Morgan fingerprint density at radius 1 is 1.02 bits per heavy atom. The Hall–Kier alpha value is -4.51. The quantitative estimate of drug-likeness (QED) is 0.172. The molecule has 3 unspecified atom stereocenters. The number of carbonyl (C=O) groups is 2. The number of hydrogen-bond acceptors (Lipinski definition) is 8. The lowest BCUT2D eigenvalue weighted by Crippen LogP contribution is -2.51. The van der Waals surface area contributed by atoms with Crippen molar-refractivity contribution in [2.75, 3.05) is 49.5 Å². The van der Waals surface area contributed by atoms with Gasteiger partial charge in [0.25, 0.3) is 11.5 Å². The van der Waals surface area contributed by atoms with E-state index in [-0.39, 0.29) is 29.5 Å². The number of nitrogens with zero attached hydrogens (tertiary/aromatic N) is 3. The second-order valence-electron chi connectivity index (χ2n) is 16.5. The maximum atomic E-state index is 13.6. The molecule has 1 saturated heterocycles. The third-order valence-electron chi connectivity index (χ3n) is 13.0. The van der Waals surface area contributed by atoms with Crippen molar-refractivity contribution in [3.8, 4) is 11.1 Å². The number of nitrogens with one attached hydrogen (secondary N) is 5. The second-order valence-corrected chi connectivity index (χ2v) is 16.5. The summed E-state index contributed by atoms with van der Waals surface area (Å²) in [6.07, 6.45) is 8.11. The molecule has 3 aromatic rings. The standard InChI is InChI=1S/C41H52N8O3/c1-23(2)46-34-17-27(16-31(32(34)20-42)38(50)45-22-33-24(3)13-25(4)47-39(33)51)26-5-6-35(44-21-26)49-11-9-48(10-12-49)8-7-43-40(52)41-18-29-14-28-15-30(19-41)36(29)37(28)41/h5-6,13,16-17,20-21,23,28-30,36-37,42,46H,7-12,14-15,18-19,22H2,1-4H3,(H,43,52)(H,45,50)(H,47,51). The number of hydrogen-bond donors (Lipinski definition) is 5. The van der Waals surface area contributed by atoms with Gasteiger partial charge in [-0.1, -0.05) is 0 Å². The Morgan fingerprint density at radius 2 is 1.77 bits per heavy atom. The third kappa shape index (κ3) is 6.00. The first-order valence-electron chi connectivity index (χ1n) is 19.2. The number of aromatic amines is 1. The minimum absolute atomic E-state index is 0.0388. The van der Waals surface area contributed by atoms with E-state index in [9.17, 15) is 14.4 Å². The molecule has 4 saturated carbocycles. The molecule has 5 N–H and O–H groups in total. The van der Waals surface area contributed by atoms with Crippen molar-refractivity contribution in [1.82, 2.24) is 25.5 Å². The van der Waals surface area contributed by atoms with Crippen LogP contribution in [0.2, 0.25) is 0 Å². The van der Waals surface area contributed by atoms with Gasteiger partial charge in [-0.05, 0) is 124 Å². The molecule has 2 amide bonds. The fourth-order valence-corrected chi connectivity index (χ4v) is 11.1. The number of aryl methyl sites for hydroxylation is 2. The lowest BCUT2D eigenvalue weighted by Gasteiger charge is -2.44. The summed E-state index contributed by atoms with van der Waals surface area (Å²) < 4.78 is 0. The van der Waals surface area contributed by atoms with Gasteiger partial charge in [0, 0.05) is 92.3 Å². The summed E-state index contributed by atoms with van der Waals surface area (Å²) >= 11 is 0. The second kappa shape index (κ2) is 13.5. The van der Waals surface area contributed by atoms with Gasteiger partial charge in [0.05, 0.1) is 11.0 Å². The normalized spacial score (nSPS) is 27.1. The minimum atomic E-state index is -0.359. The summed E-state index contributed by atoms with van der Waals surface area (Å²) in [5, 5.41) is 17.9. The summed E-state index contributed by atoms with van der Waals surface area (Å²) in [4.78, 5) is 52.1. The fourth-order valence-electron chi connectivity index (χ4n) is 11.1. The van der Waals surface area contributed by atoms with Crippen LogP contribution in [0.25, 0.3) is 11.1 Å². The van der Waals surface area contributed by atoms with Gasteiger partial charge in [0.2, 0.25) is 5.91 Å². The van der Waals surface area contributed by atoms with Crippen molar-refractivity contribution >= 4 is 29.5 Å². The van der Waals surface area contributed by atoms with E-state index in [1.807, 2.05) is 58.2 Å². The van der Waals surface area contributed by atoms with Gasteiger partial charge >= 0.3 is 0 Å². The molecule has 11 heteroatoms. The van der Waals surface area contributed by atoms with E-state index >= 15 is 0 Å². The highest BCUT2D eigenvalue weighted by Gasteiger charge is 2.74. The van der Waals surface area contributed by atoms with Crippen molar-refractivity contribution < 1.29 is 9.59 Å². The average Bonchev–Trinajstić information content (AvgIpc) is 3.86. The zero-order valence-electron chi connectivity index (χ0n) is 30.9. The molecule has 5 aliphatic rings. The summed E-state index contributed by atoms with van der Waals surface area (Å²) in [6.45, 7) is 13.0. The van der Waals surface area contributed by atoms with Crippen LogP contribution in [-0.4, -0.2) is 78.2 Å². The van der Waals surface area contributed by atoms with Gasteiger partial charge in [0.15, 0.2) is 0 Å². The molecule has 1 aliphatic heterocycles. The van der Waals surface area contributed by atoms with E-state index in [1.54, 1.807) is 6.07 Å². The number of anilines is 2. The fraction of sp³-hybridized carbons (Fsp3) is 0.537. The Balaban J connectivity index is 0.893. The molecular weight excluding hydrogens is 653 g/mol. The van der Waals surface area contributed by atoms with E-state index in [0.29, 0.717) is 34.2 Å². The van der Waals surface area contributed by atoms with Crippen LogP contribution in [0.15, 0.2) is 41.3 Å². The lowest BCUT2D eigenvalue weighted by atomic mass is 9.60. The predicted octanol–water partition coefficient (Wildman–Crippen LogP) is 4.72. The van der Waals surface area contributed by atoms with Crippen LogP contribution in [-0.2, 0) is 11.3 Å². The van der Waals surface area contributed by atoms with E-state index in [4.69, 9.17) is 10.4 Å². The van der Waals surface area contributed by atoms with E-state index in [1.165, 1.54) is 19.1 Å². The van der Waals surface area contributed by atoms with Gasteiger partial charge in [-0.3, -0.25) is 19.3 Å². The molecule has 0 spiro atoms. The first kappa shape index (κ1) is 34.6. The Kier molecular flexibility index (Phi) is 8.96. The van der Waals surface area contributed by atoms with Crippen LogP contribution in [0.3, 0.4) is 0 Å². The highest BCUT2D eigenvalue weighted by atomic mass is 16.2. The number of H-pyrrole nitrogens is 1. The van der Waals surface area contributed by atoms with Crippen molar-refractivity contribution in [3.63, 3.8) is 0 Å². The minimum Gasteiger partial charge on any atom is -0.382 e. The predicted molar refractivity (Wildman–Crippen MR) is 204 cm³/mol. The van der Waals surface area contributed by atoms with Crippen LogP contribution in [0.4, 0.5) is 11.5 Å². The Labute approximate surface area is 305 Å². The van der Waals surface area contributed by atoms with Gasteiger partial charge in [0.1, 0.15) is 5.82 Å². The summed E-state index contributed by atoms with van der Waals surface area (Å²) in [5.41, 5.74) is 5.04. The molecule has 3 heterocycles. The van der Waals surface area contributed by atoms with Crippen LogP contribution < -0.4 is 26.4 Å². The molecule has 52 heavy (non-hydrogen) atoms. The first-order chi connectivity index (χ1) is 25.0. The van der Waals surface area contributed by atoms with Crippen LogP contribution in [0, 0.1) is 54.3 Å². The molecule has 4 aliphatic carbocycles. The number of pyridine rings is 2. The third-order valence-corrected chi connectivity index (χ3v) is 13.0. The number of benzene rings is 1. The SMILES string of the molecule is Cc1cc(C)c(CNC(=O)c2cc(-c3ccc(N4CCN(CCNC(=O)C56CC7CC8CC(C5)C7C86)CC4)nc3)cc(NC(C)C)c2C=N)c(=O)[nH]1. The highest BCUT2D eigenvalue weighted by Crippen LogP contribution is 2.78. The van der Waals surface area contributed by atoms with Crippen molar-refractivity contribution in [3.05, 3.63) is 74.8 Å². The molecule has 2 aromatic heterocycles. The lowest BCUT2D eigenvalue weighted by molar-refractivity contribution is -0.137.